The summed E-state index contributed by atoms with van der Waals surface area (Å²) < 4.78 is 0. The van der Waals surface area contributed by atoms with Gasteiger partial charge in [0.15, 0.2) is 0 Å². The molecule has 0 saturated carbocycles. The van der Waals surface area contributed by atoms with Gasteiger partial charge in [0, 0.05) is 40.0 Å². The fraction of sp³-hybridized carbons (Fsp3) is 0.538. The molecule has 5 nitrogen and oxygen atoms in total. The van der Waals surface area contributed by atoms with Crippen LogP contribution in [-0.4, -0.2) is 54.7 Å². The molecule has 0 aliphatic rings. The number of hydrogen-bond donors (Lipinski definition) is 1. The summed E-state index contributed by atoms with van der Waals surface area (Å²) in [6.45, 7) is 3.23. The average molecular weight is 251 g/mol. The third-order valence-corrected chi connectivity index (χ3v) is 2.71. The summed E-state index contributed by atoms with van der Waals surface area (Å²) in [5, 5.41) is 8.80. The first-order valence-corrected chi connectivity index (χ1v) is 6.13. The maximum atomic E-state index is 12.2. The van der Waals surface area contributed by atoms with Crippen molar-refractivity contribution in [3.63, 3.8) is 0 Å². The molecular formula is C13H21N3O2. The molecule has 0 atom stereocenters. The van der Waals surface area contributed by atoms with Gasteiger partial charge < -0.3 is 14.9 Å². The lowest BCUT2D eigenvalue weighted by Crippen LogP contribution is -2.32. The van der Waals surface area contributed by atoms with E-state index in [0.717, 1.165) is 5.82 Å². The summed E-state index contributed by atoms with van der Waals surface area (Å²) in [6.07, 6.45) is 2.20. The molecule has 0 spiro atoms. The fourth-order valence-electron chi connectivity index (χ4n) is 1.62. The number of anilines is 1. The van der Waals surface area contributed by atoms with Gasteiger partial charge in [0.2, 0.25) is 0 Å². The van der Waals surface area contributed by atoms with E-state index in [1.165, 1.54) is 0 Å². The second-order valence-electron chi connectivity index (χ2n) is 4.26. The Bertz CT molecular complexity index is 376. The predicted molar refractivity (Wildman–Crippen MR) is 71.8 cm³/mol. The summed E-state index contributed by atoms with van der Waals surface area (Å²) in [6, 6.07) is 3.61. The number of hydrogen-bond acceptors (Lipinski definition) is 4. The van der Waals surface area contributed by atoms with Crippen molar-refractivity contribution in [2.24, 2.45) is 0 Å². The van der Waals surface area contributed by atoms with Gasteiger partial charge >= 0.3 is 0 Å². The molecule has 0 saturated heterocycles. The van der Waals surface area contributed by atoms with Crippen LogP contribution in [0.5, 0.6) is 0 Å². The predicted octanol–water partition coefficient (Wildman–Crippen LogP) is 0.992. The van der Waals surface area contributed by atoms with Gasteiger partial charge in [-0.3, -0.25) is 4.79 Å². The van der Waals surface area contributed by atoms with Gasteiger partial charge in [0.05, 0.1) is 5.56 Å². The lowest BCUT2D eigenvalue weighted by Gasteiger charge is -2.20. The molecule has 1 heterocycles. The first kappa shape index (κ1) is 14.4. The topological polar surface area (TPSA) is 56.7 Å². The van der Waals surface area contributed by atoms with E-state index in [4.69, 9.17) is 5.11 Å². The molecule has 0 bridgehead atoms. The van der Waals surface area contributed by atoms with Crippen LogP contribution in [0.4, 0.5) is 5.82 Å². The number of nitrogens with zero attached hydrogens (tertiary/aromatic N) is 3. The van der Waals surface area contributed by atoms with Crippen LogP contribution in [0.25, 0.3) is 0 Å². The second-order valence-corrected chi connectivity index (χ2v) is 4.26. The Morgan fingerprint density at radius 1 is 1.39 bits per heavy atom. The molecule has 5 heteroatoms. The molecular weight excluding hydrogens is 230 g/mol. The van der Waals surface area contributed by atoms with Crippen molar-refractivity contribution in [1.82, 2.24) is 9.88 Å². The van der Waals surface area contributed by atoms with Gasteiger partial charge in [0.1, 0.15) is 5.82 Å². The summed E-state index contributed by atoms with van der Waals surface area (Å²) in [5.41, 5.74) is 0.584. The molecule has 18 heavy (non-hydrogen) atoms. The Labute approximate surface area is 108 Å². The van der Waals surface area contributed by atoms with Crippen molar-refractivity contribution in [2.75, 3.05) is 38.7 Å². The molecule has 1 aromatic rings. The molecule has 1 amide bonds. The van der Waals surface area contributed by atoms with E-state index in [2.05, 4.69) is 4.98 Å². The summed E-state index contributed by atoms with van der Waals surface area (Å²) >= 11 is 0. The molecule has 0 aliphatic heterocycles. The van der Waals surface area contributed by atoms with Crippen LogP contribution < -0.4 is 4.90 Å². The number of amides is 1. The number of carbonyl (C=O) groups is 1. The van der Waals surface area contributed by atoms with E-state index in [9.17, 15) is 4.79 Å². The molecule has 0 aliphatic carbocycles. The molecule has 1 aromatic heterocycles. The van der Waals surface area contributed by atoms with E-state index in [1.54, 1.807) is 17.2 Å². The Morgan fingerprint density at radius 3 is 2.56 bits per heavy atom. The van der Waals surface area contributed by atoms with Crippen molar-refractivity contribution < 1.29 is 9.90 Å². The standard InChI is InChI=1S/C13H21N3O2/c1-4-16(8-5-9-17)13(18)11-6-7-12(14-10-11)15(2)3/h6-7,10,17H,4-5,8-9H2,1-3H3. The zero-order valence-corrected chi connectivity index (χ0v) is 11.3. The van der Waals surface area contributed by atoms with Crippen molar-refractivity contribution in [3.8, 4) is 0 Å². The molecule has 0 radical (unpaired) electrons. The Kier molecular flexibility index (Phi) is 5.58. The third-order valence-electron chi connectivity index (χ3n) is 2.71. The Hall–Kier alpha value is -1.62. The van der Waals surface area contributed by atoms with Gasteiger partial charge in [0.25, 0.3) is 5.91 Å². The minimum atomic E-state index is -0.0382. The lowest BCUT2D eigenvalue weighted by molar-refractivity contribution is 0.0754. The first-order chi connectivity index (χ1) is 8.60. The molecule has 0 fully saturated rings. The van der Waals surface area contributed by atoms with Crippen LogP contribution in [-0.2, 0) is 0 Å². The summed E-state index contributed by atoms with van der Waals surface area (Å²) in [7, 11) is 3.81. The van der Waals surface area contributed by atoms with E-state index >= 15 is 0 Å². The van der Waals surface area contributed by atoms with Crippen molar-refractivity contribution in [2.45, 2.75) is 13.3 Å². The number of rotatable bonds is 6. The fourth-order valence-corrected chi connectivity index (χ4v) is 1.62. The third kappa shape index (κ3) is 3.70. The highest BCUT2D eigenvalue weighted by molar-refractivity contribution is 5.94. The monoisotopic (exact) mass is 251 g/mol. The second kappa shape index (κ2) is 6.96. The number of pyridine rings is 1. The minimum Gasteiger partial charge on any atom is -0.396 e. The molecule has 1 N–H and O–H groups in total. The number of aromatic nitrogens is 1. The molecule has 100 valence electrons. The first-order valence-electron chi connectivity index (χ1n) is 6.13. The highest BCUT2D eigenvalue weighted by Crippen LogP contribution is 2.10. The van der Waals surface area contributed by atoms with Crippen LogP contribution in [0.2, 0.25) is 0 Å². The van der Waals surface area contributed by atoms with E-state index in [0.29, 0.717) is 25.1 Å². The van der Waals surface area contributed by atoms with Gasteiger partial charge in [-0.25, -0.2) is 4.98 Å². The molecule has 0 aromatic carbocycles. The largest absolute Gasteiger partial charge is 0.396 e. The minimum absolute atomic E-state index is 0.0382. The van der Waals surface area contributed by atoms with E-state index < -0.39 is 0 Å². The summed E-state index contributed by atoms with van der Waals surface area (Å²) in [5.74, 6) is 0.786. The summed E-state index contributed by atoms with van der Waals surface area (Å²) in [4.78, 5) is 20.0. The SMILES string of the molecule is CCN(CCCO)C(=O)c1ccc(N(C)C)nc1. The molecule has 0 unspecified atom stereocenters. The normalized spacial score (nSPS) is 10.2. The zero-order valence-electron chi connectivity index (χ0n) is 11.3. The highest BCUT2D eigenvalue weighted by atomic mass is 16.3. The molecule has 1 rings (SSSR count). The van der Waals surface area contributed by atoms with Crippen LogP contribution >= 0.6 is 0 Å². The van der Waals surface area contributed by atoms with Crippen LogP contribution in [0, 0.1) is 0 Å². The van der Waals surface area contributed by atoms with Crippen LogP contribution in [0.15, 0.2) is 18.3 Å². The Morgan fingerprint density at radius 2 is 2.11 bits per heavy atom. The van der Waals surface area contributed by atoms with Gasteiger partial charge in [-0.05, 0) is 25.5 Å². The number of aliphatic hydroxyl groups is 1. The van der Waals surface area contributed by atoms with E-state index in [1.807, 2.05) is 32.0 Å². The smallest absolute Gasteiger partial charge is 0.255 e. The Balaban J connectivity index is 2.75. The van der Waals surface area contributed by atoms with Crippen LogP contribution in [0.1, 0.15) is 23.7 Å². The van der Waals surface area contributed by atoms with Gasteiger partial charge in [-0.1, -0.05) is 0 Å². The quantitative estimate of drug-likeness (QED) is 0.819. The maximum Gasteiger partial charge on any atom is 0.255 e. The maximum absolute atomic E-state index is 12.2. The van der Waals surface area contributed by atoms with E-state index in [-0.39, 0.29) is 12.5 Å². The average Bonchev–Trinajstić information content (AvgIpc) is 2.39. The highest BCUT2D eigenvalue weighted by Gasteiger charge is 2.14. The number of carbonyl (C=O) groups excluding carboxylic acids is 1. The number of aliphatic hydroxyl groups excluding tert-OH is 1. The van der Waals surface area contributed by atoms with Crippen molar-refractivity contribution >= 4 is 11.7 Å². The lowest BCUT2D eigenvalue weighted by atomic mass is 10.2. The van der Waals surface area contributed by atoms with Crippen LogP contribution in [0.3, 0.4) is 0 Å². The van der Waals surface area contributed by atoms with Crippen molar-refractivity contribution in [1.29, 1.82) is 0 Å². The van der Waals surface area contributed by atoms with Gasteiger partial charge in [-0.15, -0.1) is 0 Å². The zero-order chi connectivity index (χ0) is 13.5. The van der Waals surface area contributed by atoms with Gasteiger partial charge in [-0.2, -0.15) is 0 Å². The van der Waals surface area contributed by atoms with Crippen molar-refractivity contribution in [3.05, 3.63) is 23.9 Å².